The van der Waals surface area contributed by atoms with Crippen molar-refractivity contribution in [1.29, 1.82) is 0 Å². The lowest BCUT2D eigenvalue weighted by Gasteiger charge is -2.19. The van der Waals surface area contributed by atoms with E-state index in [4.69, 9.17) is 11.6 Å². The first-order valence-corrected chi connectivity index (χ1v) is 6.07. The lowest BCUT2D eigenvalue weighted by Crippen LogP contribution is -2.34. The highest BCUT2D eigenvalue weighted by molar-refractivity contribution is 6.30. The predicted molar refractivity (Wildman–Crippen MR) is 64.9 cm³/mol. The number of hydrogen-bond acceptors (Lipinski definition) is 2. The monoisotopic (exact) mass is 288 g/mol. The Morgan fingerprint density at radius 3 is 2.74 bits per heavy atom. The van der Waals surface area contributed by atoms with E-state index in [0.29, 0.717) is 6.54 Å². The molecule has 1 heterocycles. The van der Waals surface area contributed by atoms with E-state index in [0.717, 1.165) is 12.1 Å². The average Bonchev–Trinajstić information content (AvgIpc) is 2.58. The summed E-state index contributed by atoms with van der Waals surface area (Å²) in [5.41, 5.74) is -0.378. The highest BCUT2D eigenvalue weighted by Crippen LogP contribution is 2.20. The van der Waals surface area contributed by atoms with Gasteiger partial charge in [-0.15, -0.1) is 0 Å². The molecule has 1 aromatic rings. The zero-order chi connectivity index (χ0) is 14.0. The van der Waals surface area contributed by atoms with Gasteiger partial charge in [0.1, 0.15) is 11.6 Å². The zero-order valence-corrected chi connectivity index (χ0v) is 10.6. The fourth-order valence-corrected chi connectivity index (χ4v) is 1.98. The first kappa shape index (κ1) is 13.7. The highest BCUT2D eigenvalue weighted by atomic mass is 35.5. The molecule has 0 bridgehead atoms. The Hall–Kier alpha value is -1.69. The molecule has 0 saturated carbocycles. The smallest absolute Gasteiger partial charge is 0.257 e. The quantitative estimate of drug-likeness (QED) is 0.798. The van der Waals surface area contributed by atoms with E-state index in [1.54, 1.807) is 0 Å². The summed E-state index contributed by atoms with van der Waals surface area (Å²) in [6.07, 6.45) is 0.142. The molecule has 1 aliphatic rings. The Morgan fingerprint density at radius 1 is 1.26 bits per heavy atom. The van der Waals surface area contributed by atoms with Gasteiger partial charge in [-0.1, -0.05) is 11.6 Å². The van der Waals surface area contributed by atoms with Crippen LogP contribution in [0.15, 0.2) is 12.1 Å². The molecule has 0 radical (unpaired) electrons. The van der Waals surface area contributed by atoms with Gasteiger partial charge in [-0.3, -0.25) is 9.59 Å². The van der Waals surface area contributed by atoms with Crippen LogP contribution in [0.25, 0.3) is 0 Å². The van der Waals surface area contributed by atoms with Crippen LogP contribution >= 0.6 is 11.6 Å². The number of nitrogens with zero attached hydrogens (tertiary/aromatic N) is 1. The number of hydrogen-bond donors (Lipinski definition) is 1. The summed E-state index contributed by atoms with van der Waals surface area (Å²) in [6, 6.07) is 1.55. The van der Waals surface area contributed by atoms with Gasteiger partial charge < -0.3 is 10.2 Å². The van der Waals surface area contributed by atoms with Gasteiger partial charge in [0.05, 0.1) is 10.6 Å². The molecule has 1 N–H and O–H groups in total. The molecule has 0 aromatic heterocycles. The molecular formula is C12H11ClF2N2O2. The summed E-state index contributed by atoms with van der Waals surface area (Å²) in [5.74, 6) is -2.54. The minimum absolute atomic E-state index is 0.142. The summed E-state index contributed by atoms with van der Waals surface area (Å²) < 4.78 is 26.9. The summed E-state index contributed by atoms with van der Waals surface area (Å²) in [4.78, 5) is 24.5. The Balaban J connectivity index is 2.24. The molecule has 0 spiro atoms. The van der Waals surface area contributed by atoms with Crippen molar-refractivity contribution in [1.82, 2.24) is 10.2 Å². The Morgan fingerprint density at radius 2 is 2.00 bits per heavy atom. The normalized spacial score (nSPS) is 15.9. The summed E-state index contributed by atoms with van der Waals surface area (Å²) in [6.45, 7) is 0.727. The number of benzene rings is 1. The van der Waals surface area contributed by atoms with Gasteiger partial charge >= 0.3 is 0 Å². The maximum atomic E-state index is 13.6. The molecule has 102 valence electrons. The Labute approximate surface area is 113 Å². The molecule has 2 amide bonds. The molecule has 0 atom stereocenters. The molecule has 19 heavy (non-hydrogen) atoms. The van der Waals surface area contributed by atoms with Gasteiger partial charge in [0.15, 0.2) is 0 Å². The second kappa shape index (κ2) is 5.52. The second-order valence-corrected chi connectivity index (χ2v) is 4.55. The maximum absolute atomic E-state index is 13.6. The summed E-state index contributed by atoms with van der Waals surface area (Å²) in [5, 5.41) is 2.22. The van der Waals surface area contributed by atoms with E-state index in [-0.39, 0.29) is 36.0 Å². The topological polar surface area (TPSA) is 49.4 Å². The molecule has 7 heteroatoms. The van der Waals surface area contributed by atoms with Crippen LogP contribution in [0.4, 0.5) is 8.78 Å². The molecule has 0 aliphatic carbocycles. The molecular weight excluding hydrogens is 278 g/mol. The highest BCUT2D eigenvalue weighted by Gasteiger charge is 2.23. The largest absolute Gasteiger partial charge is 0.354 e. The molecule has 0 unspecified atom stereocenters. The fraction of sp³-hybridized carbons (Fsp3) is 0.333. The molecule has 4 nitrogen and oxygen atoms in total. The van der Waals surface area contributed by atoms with Crippen LogP contribution in [0.2, 0.25) is 5.02 Å². The van der Waals surface area contributed by atoms with Crippen molar-refractivity contribution in [2.45, 2.75) is 6.42 Å². The van der Waals surface area contributed by atoms with E-state index in [2.05, 4.69) is 5.32 Å². The zero-order valence-electron chi connectivity index (χ0n) is 9.88. The SMILES string of the molecule is O=C1CCN(C(=O)c2cc(F)c(Cl)cc2F)CCN1. The van der Waals surface area contributed by atoms with Gasteiger partial charge in [-0.2, -0.15) is 0 Å². The van der Waals surface area contributed by atoms with Crippen LogP contribution in [-0.4, -0.2) is 36.3 Å². The van der Waals surface area contributed by atoms with Crippen LogP contribution in [0.1, 0.15) is 16.8 Å². The molecule has 2 rings (SSSR count). The minimum Gasteiger partial charge on any atom is -0.354 e. The maximum Gasteiger partial charge on any atom is 0.257 e. The van der Waals surface area contributed by atoms with Crippen molar-refractivity contribution in [2.24, 2.45) is 0 Å². The Kier molecular flexibility index (Phi) is 3.99. The first-order chi connectivity index (χ1) is 8.99. The van der Waals surface area contributed by atoms with E-state index in [1.807, 2.05) is 0 Å². The van der Waals surface area contributed by atoms with Gasteiger partial charge in [0.25, 0.3) is 5.91 Å². The van der Waals surface area contributed by atoms with Gasteiger partial charge in [0.2, 0.25) is 5.91 Å². The van der Waals surface area contributed by atoms with E-state index in [1.165, 1.54) is 4.90 Å². The molecule has 1 fully saturated rings. The van der Waals surface area contributed by atoms with Crippen LogP contribution < -0.4 is 5.32 Å². The Bertz CT molecular complexity index is 537. The average molecular weight is 289 g/mol. The minimum atomic E-state index is -0.875. The van der Waals surface area contributed by atoms with Crippen LogP contribution in [-0.2, 0) is 4.79 Å². The standard InChI is InChI=1S/C12H11ClF2N2O2/c13-8-6-9(14)7(5-10(8)15)12(19)17-3-1-11(18)16-2-4-17/h5-6H,1-4H2,(H,16,18). The lowest BCUT2D eigenvalue weighted by atomic mass is 10.1. The van der Waals surface area contributed by atoms with Crippen molar-refractivity contribution in [3.05, 3.63) is 34.4 Å². The molecule has 1 aromatic carbocycles. The van der Waals surface area contributed by atoms with Gasteiger partial charge in [0, 0.05) is 26.1 Å². The summed E-state index contributed by atoms with van der Waals surface area (Å²) in [7, 11) is 0. The third kappa shape index (κ3) is 3.01. The van der Waals surface area contributed by atoms with Crippen molar-refractivity contribution in [2.75, 3.05) is 19.6 Å². The third-order valence-electron chi connectivity index (χ3n) is 2.84. The van der Waals surface area contributed by atoms with Crippen molar-refractivity contribution >= 4 is 23.4 Å². The third-order valence-corrected chi connectivity index (χ3v) is 3.13. The van der Waals surface area contributed by atoms with E-state index >= 15 is 0 Å². The van der Waals surface area contributed by atoms with Gasteiger partial charge in [-0.05, 0) is 12.1 Å². The summed E-state index contributed by atoms with van der Waals surface area (Å²) >= 11 is 5.43. The predicted octanol–water partition coefficient (Wildman–Crippen LogP) is 1.58. The van der Waals surface area contributed by atoms with Crippen molar-refractivity contribution in [3.8, 4) is 0 Å². The van der Waals surface area contributed by atoms with Crippen LogP contribution in [0.3, 0.4) is 0 Å². The number of carbonyl (C=O) groups excluding carboxylic acids is 2. The second-order valence-electron chi connectivity index (χ2n) is 4.14. The number of nitrogens with one attached hydrogen (secondary N) is 1. The number of amides is 2. The van der Waals surface area contributed by atoms with Gasteiger partial charge in [-0.25, -0.2) is 8.78 Å². The lowest BCUT2D eigenvalue weighted by molar-refractivity contribution is -0.120. The molecule has 1 aliphatic heterocycles. The number of halogens is 3. The van der Waals surface area contributed by atoms with E-state index in [9.17, 15) is 18.4 Å². The van der Waals surface area contributed by atoms with Crippen LogP contribution in [0, 0.1) is 11.6 Å². The van der Waals surface area contributed by atoms with Crippen molar-refractivity contribution < 1.29 is 18.4 Å². The van der Waals surface area contributed by atoms with Crippen molar-refractivity contribution in [3.63, 3.8) is 0 Å². The number of rotatable bonds is 1. The van der Waals surface area contributed by atoms with Crippen LogP contribution in [0.5, 0.6) is 0 Å². The number of carbonyl (C=O) groups is 2. The molecule has 1 saturated heterocycles. The first-order valence-electron chi connectivity index (χ1n) is 5.69. The van der Waals surface area contributed by atoms with E-state index < -0.39 is 17.5 Å². The fourth-order valence-electron chi connectivity index (χ4n) is 1.83.